The number of para-hydroxylation sites is 1. The van der Waals surface area contributed by atoms with Crippen LogP contribution in [0.4, 0.5) is 5.82 Å². The second-order valence-electron chi connectivity index (χ2n) is 6.62. The number of nitrogens with one attached hydrogen (secondary N) is 1. The third-order valence-electron chi connectivity index (χ3n) is 4.80. The van der Waals surface area contributed by atoms with E-state index in [1.165, 1.54) is 0 Å². The molecule has 0 spiro atoms. The number of carbonyl (C=O) groups is 1. The van der Waals surface area contributed by atoms with Gasteiger partial charge < -0.3 is 9.80 Å². The molecule has 1 aliphatic heterocycles. The summed E-state index contributed by atoms with van der Waals surface area (Å²) in [5.74, 6) is 0.894. The van der Waals surface area contributed by atoms with E-state index in [9.17, 15) is 4.79 Å². The molecule has 128 valence electrons. The minimum atomic E-state index is -0.0110. The summed E-state index contributed by atoms with van der Waals surface area (Å²) in [7, 11) is 3.94. The van der Waals surface area contributed by atoms with Crippen molar-refractivity contribution in [2.45, 2.75) is 18.9 Å². The predicted molar refractivity (Wildman–Crippen MR) is 97.7 cm³/mol. The Balaban J connectivity index is 1.67. The van der Waals surface area contributed by atoms with Crippen LogP contribution in [0.15, 0.2) is 42.6 Å². The van der Waals surface area contributed by atoms with Crippen molar-refractivity contribution < 1.29 is 4.79 Å². The van der Waals surface area contributed by atoms with Crippen molar-refractivity contribution in [3.8, 4) is 0 Å². The summed E-state index contributed by atoms with van der Waals surface area (Å²) < 4.78 is 0. The molecule has 0 aliphatic carbocycles. The Hall–Kier alpha value is -2.89. The maximum absolute atomic E-state index is 13.1. The highest BCUT2D eigenvalue weighted by atomic mass is 16.2. The van der Waals surface area contributed by atoms with Crippen LogP contribution in [0.1, 0.15) is 34.9 Å². The van der Waals surface area contributed by atoms with Crippen molar-refractivity contribution in [2.75, 3.05) is 25.5 Å². The van der Waals surface area contributed by atoms with Crippen LogP contribution in [0.2, 0.25) is 0 Å². The van der Waals surface area contributed by atoms with E-state index >= 15 is 0 Å². The maximum Gasteiger partial charge on any atom is 0.275 e. The zero-order chi connectivity index (χ0) is 17.4. The molecule has 1 saturated heterocycles. The van der Waals surface area contributed by atoms with Crippen LogP contribution in [0.3, 0.4) is 0 Å². The van der Waals surface area contributed by atoms with Gasteiger partial charge in [0.1, 0.15) is 5.82 Å². The largest absolute Gasteiger partial charge is 0.363 e. The summed E-state index contributed by atoms with van der Waals surface area (Å²) in [5.41, 5.74) is 2.52. The van der Waals surface area contributed by atoms with Crippen LogP contribution in [0, 0.1) is 0 Å². The van der Waals surface area contributed by atoms with Gasteiger partial charge in [-0.05, 0) is 36.6 Å². The smallest absolute Gasteiger partial charge is 0.275 e. The second-order valence-corrected chi connectivity index (χ2v) is 6.62. The molecule has 1 atom stereocenters. The quantitative estimate of drug-likeness (QED) is 0.799. The third kappa shape index (κ3) is 2.73. The first-order valence-corrected chi connectivity index (χ1v) is 8.52. The van der Waals surface area contributed by atoms with Gasteiger partial charge in [-0.3, -0.25) is 9.89 Å². The Morgan fingerprint density at radius 2 is 2.12 bits per heavy atom. The lowest BCUT2D eigenvalue weighted by atomic mass is 10.1. The molecule has 0 bridgehead atoms. The van der Waals surface area contributed by atoms with Crippen molar-refractivity contribution in [1.82, 2.24) is 20.1 Å². The van der Waals surface area contributed by atoms with E-state index in [0.29, 0.717) is 5.69 Å². The van der Waals surface area contributed by atoms with Gasteiger partial charge in [0.05, 0.1) is 11.6 Å². The lowest BCUT2D eigenvalue weighted by Gasteiger charge is -2.25. The summed E-state index contributed by atoms with van der Waals surface area (Å²) in [6.07, 6.45) is 3.78. The van der Waals surface area contributed by atoms with Gasteiger partial charge in [-0.25, -0.2) is 4.98 Å². The zero-order valence-corrected chi connectivity index (χ0v) is 14.4. The van der Waals surface area contributed by atoms with Gasteiger partial charge in [0.25, 0.3) is 5.91 Å². The lowest BCUT2D eigenvalue weighted by Crippen LogP contribution is -2.31. The second kappa shape index (κ2) is 6.20. The van der Waals surface area contributed by atoms with E-state index < -0.39 is 0 Å². The average Bonchev–Trinajstić information content (AvgIpc) is 3.28. The topological polar surface area (TPSA) is 65.1 Å². The standard InChI is InChI=1S/C19H21N5O/c1-23(2)17-12-13(9-10-20-17)16-8-5-11-24(16)19(25)18-14-6-3-4-7-15(14)21-22-18/h3-4,6-7,9-10,12,16H,5,8,11H2,1-2H3,(H,21,22)/t16-/m1/s1. The van der Waals surface area contributed by atoms with Gasteiger partial charge in [0, 0.05) is 32.2 Å². The number of nitrogens with zero attached hydrogens (tertiary/aromatic N) is 4. The SMILES string of the molecule is CN(C)c1cc([C@H]2CCCN2C(=O)c2n[nH]c3ccccc23)ccn1. The molecule has 1 N–H and O–H groups in total. The van der Waals surface area contributed by atoms with E-state index in [4.69, 9.17) is 0 Å². The van der Waals surface area contributed by atoms with Crippen molar-refractivity contribution in [3.63, 3.8) is 0 Å². The van der Waals surface area contributed by atoms with E-state index in [-0.39, 0.29) is 11.9 Å². The van der Waals surface area contributed by atoms with Crippen molar-refractivity contribution >= 4 is 22.6 Å². The molecule has 1 amide bonds. The van der Waals surface area contributed by atoms with E-state index in [1.807, 2.05) is 60.4 Å². The highest BCUT2D eigenvalue weighted by Crippen LogP contribution is 2.34. The number of anilines is 1. The predicted octanol–water partition coefficient (Wildman–Crippen LogP) is 3.00. The molecule has 6 heteroatoms. The molecule has 0 saturated carbocycles. The van der Waals surface area contributed by atoms with Gasteiger partial charge in [-0.15, -0.1) is 0 Å². The number of aromatic amines is 1. The van der Waals surface area contributed by atoms with Crippen molar-refractivity contribution in [1.29, 1.82) is 0 Å². The Morgan fingerprint density at radius 1 is 1.28 bits per heavy atom. The summed E-state index contributed by atoms with van der Waals surface area (Å²) in [6.45, 7) is 0.754. The van der Waals surface area contributed by atoms with Crippen molar-refractivity contribution in [3.05, 3.63) is 53.9 Å². The van der Waals surface area contributed by atoms with Crippen LogP contribution in [-0.2, 0) is 0 Å². The fourth-order valence-electron chi connectivity index (χ4n) is 3.50. The normalized spacial score (nSPS) is 17.2. The number of likely N-dealkylation sites (tertiary alicyclic amines) is 1. The number of benzene rings is 1. The molecule has 1 aliphatic rings. The highest BCUT2D eigenvalue weighted by molar-refractivity contribution is 6.04. The molecule has 3 aromatic rings. The molecule has 0 radical (unpaired) electrons. The number of carbonyl (C=O) groups excluding carboxylic acids is 1. The molecule has 4 rings (SSSR count). The summed E-state index contributed by atoms with van der Waals surface area (Å²) in [6, 6.07) is 11.9. The number of fused-ring (bicyclic) bond motifs is 1. The zero-order valence-electron chi connectivity index (χ0n) is 14.4. The molecular formula is C19H21N5O. The summed E-state index contributed by atoms with van der Waals surface area (Å²) >= 11 is 0. The molecular weight excluding hydrogens is 314 g/mol. The fourth-order valence-corrected chi connectivity index (χ4v) is 3.50. The number of amides is 1. The van der Waals surface area contributed by atoms with Crippen LogP contribution in [-0.4, -0.2) is 46.6 Å². The van der Waals surface area contributed by atoms with Crippen molar-refractivity contribution in [2.24, 2.45) is 0 Å². The summed E-state index contributed by atoms with van der Waals surface area (Å²) in [4.78, 5) is 21.4. The monoisotopic (exact) mass is 335 g/mol. The highest BCUT2D eigenvalue weighted by Gasteiger charge is 2.32. The Kier molecular flexibility index (Phi) is 3.87. The van der Waals surface area contributed by atoms with Crippen LogP contribution in [0.5, 0.6) is 0 Å². The number of aromatic nitrogens is 3. The maximum atomic E-state index is 13.1. The van der Waals surface area contributed by atoms with Gasteiger partial charge in [0.15, 0.2) is 5.69 Å². The number of hydrogen-bond acceptors (Lipinski definition) is 4. The molecule has 1 aromatic carbocycles. The van der Waals surface area contributed by atoms with Gasteiger partial charge in [-0.1, -0.05) is 18.2 Å². The Labute approximate surface area is 146 Å². The molecule has 3 heterocycles. The van der Waals surface area contributed by atoms with Crippen LogP contribution < -0.4 is 4.90 Å². The van der Waals surface area contributed by atoms with E-state index in [0.717, 1.165) is 41.7 Å². The minimum Gasteiger partial charge on any atom is -0.363 e. The molecule has 1 fully saturated rings. The first-order valence-electron chi connectivity index (χ1n) is 8.52. The minimum absolute atomic E-state index is 0.0110. The van der Waals surface area contributed by atoms with Crippen LogP contribution >= 0.6 is 0 Å². The van der Waals surface area contributed by atoms with Gasteiger partial charge in [-0.2, -0.15) is 5.10 Å². The Morgan fingerprint density at radius 3 is 2.96 bits per heavy atom. The first-order chi connectivity index (χ1) is 12.1. The lowest BCUT2D eigenvalue weighted by molar-refractivity contribution is 0.0731. The molecule has 25 heavy (non-hydrogen) atoms. The third-order valence-corrected chi connectivity index (χ3v) is 4.80. The molecule has 0 unspecified atom stereocenters. The Bertz CT molecular complexity index is 917. The molecule has 2 aromatic heterocycles. The first kappa shape index (κ1) is 15.6. The average molecular weight is 335 g/mol. The number of pyridine rings is 1. The number of hydrogen-bond donors (Lipinski definition) is 1. The van der Waals surface area contributed by atoms with Gasteiger partial charge in [0.2, 0.25) is 0 Å². The molecule has 6 nitrogen and oxygen atoms in total. The van der Waals surface area contributed by atoms with Gasteiger partial charge >= 0.3 is 0 Å². The van der Waals surface area contributed by atoms with Crippen LogP contribution in [0.25, 0.3) is 10.9 Å². The van der Waals surface area contributed by atoms with E-state index in [1.54, 1.807) is 0 Å². The van der Waals surface area contributed by atoms with E-state index in [2.05, 4.69) is 21.2 Å². The number of H-pyrrole nitrogens is 1. The number of rotatable bonds is 3. The fraction of sp³-hybridized carbons (Fsp3) is 0.316. The summed E-state index contributed by atoms with van der Waals surface area (Å²) in [5, 5.41) is 8.11.